The van der Waals surface area contributed by atoms with Crippen molar-refractivity contribution >= 4 is 17.8 Å². The van der Waals surface area contributed by atoms with Gasteiger partial charge in [0.1, 0.15) is 17.8 Å². The van der Waals surface area contributed by atoms with Crippen molar-refractivity contribution in [2.24, 2.45) is 5.92 Å². The Bertz CT molecular complexity index is 702. The van der Waals surface area contributed by atoms with E-state index < -0.39 is 17.5 Å². The summed E-state index contributed by atoms with van der Waals surface area (Å²) in [4.78, 5) is 38.4. The van der Waals surface area contributed by atoms with Gasteiger partial charge in [-0.25, -0.2) is 4.79 Å². The maximum atomic E-state index is 12.9. The number of carbonyl (C=O) groups is 3. The SMILES string of the molecule is COc1ccc([C@]2(C)NC(=O)N(CC(=O)N[C@H](C)CCC(C)C)C2=O)cc1. The van der Waals surface area contributed by atoms with Crippen LogP contribution < -0.4 is 15.4 Å². The molecule has 1 aliphatic heterocycles. The molecule has 0 saturated carbocycles. The van der Waals surface area contributed by atoms with Crippen LogP contribution in [-0.4, -0.2) is 42.4 Å². The van der Waals surface area contributed by atoms with Crippen molar-refractivity contribution in [3.05, 3.63) is 29.8 Å². The molecule has 4 amide bonds. The van der Waals surface area contributed by atoms with Crippen LogP contribution in [0.3, 0.4) is 0 Å². The van der Waals surface area contributed by atoms with Gasteiger partial charge in [0, 0.05) is 6.04 Å². The summed E-state index contributed by atoms with van der Waals surface area (Å²) in [5, 5.41) is 5.56. The topological polar surface area (TPSA) is 87.7 Å². The Morgan fingerprint density at radius 3 is 2.37 bits per heavy atom. The molecular weight excluding hydrogens is 346 g/mol. The quantitative estimate of drug-likeness (QED) is 0.683. The van der Waals surface area contributed by atoms with E-state index in [2.05, 4.69) is 24.5 Å². The van der Waals surface area contributed by atoms with Crippen molar-refractivity contribution in [2.45, 2.75) is 52.1 Å². The number of nitrogens with zero attached hydrogens (tertiary/aromatic N) is 1. The third-order valence-corrected chi connectivity index (χ3v) is 4.83. The molecule has 0 spiro atoms. The molecule has 7 nitrogen and oxygen atoms in total. The second-order valence-corrected chi connectivity index (χ2v) is 7.61. The molecule has 0 aliphatic carbocycles. The average Bonchev–Trinajstić information content (AvgIpc) is 2.84. The zero-order valence-electron chi connectivity index (χ0n) is 16.7. The second kappa shape index (κ2) is 8.41. The first-order valence-electron chi connectivity index (χ1n) is 9.25. The van der Waals surface area contributed by atoms with Crippen molar-refractivity contribution in [2.75, 3.05) is 13.7 Å². The van der Waals surface area contributed by atoms with Crippen LogP contribution in [0.4, 0.5) is 4.79 Å². The minimum atomic E-state index is -1.20. The van der Waals surface area contributed by atoms with E-state index in [0.29, 0.717) is 17.2 Å². The van der Waals surface area contributed by atoms with Gasteiger partial charge in [-0.3, -0.25) is 14.5 Å². The standard InChI is InChI=1S/C20H29N3O4/c1-13(2)6-7-14(3)21-17(24)12-23-18(25)20(4,22-19(23)26)15-8-10-16(27-5)11-9-15/h8-11,13-14H,6-7,12H2,1-5H3,(H,21,24)(H,22,26)/t14-,20+/m1/s1. The van der Waals surface area contributed by atoms with Gasteiger partial charge < -0.3 is 15.4 Å². The van der Waals surface area contributed by atoms with Gasteiger partial charge in [0.2, 0.25) is 5.91 Å². The Hall–Kier alpha value is -2.57. The third kappa shape index (κ3) is 4.78. The molecule has 1 fully saturated rings. The van der Waals surface area contributed by atoms with Gasteiger partial charge in [-0.15, -0.1) is 0 Å². The fourth-order valence-electron chi connectivity index (χ4n) is 3.08. The van der Waals surface area contributed by atoms with Crippen LogP contribution in [0.5, 0.6) is 5.75 Å². The van der Waals surface area contributed by atoms with Crippen molar-refractivity contribution in [3.8, 4) is 5.75 Å². The number of rotatable bonds is 8. The van der Waals surface area contributed by atoms with Crippen LogP contribution in [0.15, 0.2) is 24.3 Å². The summed E-state index contributed by atoms with van der Waals surface area (Å²) in [5.74, 6) is 0.433. The minimum Gasteiger partial charge on any atom is -0.497 e. The lowest BCUT2D eigenvalue weighted by Gasteiger charge is -2.22. The van der Waals surface area contributed by atoms with Gasteiger partial charge in [-0.2, -0.15) is 0 Å². The highest BCUT2D eigenvalue weighted by Gasteiger charge is 2.49. The van der Waals surface area contributed by atoms with Gasteiger partial charge >= 0.3 is 6.03 Å². The predicted octanol–water partition coefficient (Wildman–Crippen LogP) is 2.40. The molecule has 0 aromatic heterocycles. The molecule has 2 rings (SSSR count). The van der Waals surface area contributed by atoms with E-state index in [4.69, 9.17) is 4.74 Å². The Kier molecular flexibility index (Phi) is 6.46. The number of nitrogens with one attached hydrogen (secondary N) is 2. The summed E-state index contributed by atoms with van der Waals surface area (Å²) in [5.41, 5.74) is -0.567. The van der Waals surface area contributed by atoms with Gasteiger partial charge in [-0.1, -0.05) is 26.0 Å². The number of methoxy groups -OCH3 is 1. The lowest BCUT2D eigenvalue weighted by Crippen LogP contribution is -2.45. The summed E-state index contributed by atoms with van der Waals surface area (Å²) >= 11 is 0. The normalized spacial score (nSPS) is 20.6. The van der Waals surface area contributed by atoms with Gasteiger partial charge in [0.15, 0.2) is 0 Å². The zero-order valence-corrected chi connectivity index (χ0v) is 16.7. The lowest BCUT2D eigenvalue weighted by molar-refractivity contribution is -0.135. The van der Waals surface area contributed by atoms with E-state index >= 15 is 0 Å². The summed E-state index contributed by atoms with van der Waals surface area (Å²) in [6.45, 7) is 7.53. The summed E-state index contributed by atoms with van der Waals surface area (Å²) in [7, 11) is 1.56. The number of benzene rings is 1. The smallest absolute Gasteiger partial charge is 0.325 e. The number of amides is 4. The molecule has 2 atom stereocenters. The van der Waals surface area contributed by atoms with Crippen LogP contribution in [0.1, 0.15) is 46.1 Å². The number of carbonyl (C=O) groups excluding carboxylic acids is 3. The maximum absolute atomic E-state index is 12.9. The molecule has 1 saturated heterocycles. The Morgan fingerprint density at radius 2 is 1.81 bits per heavy atom. The molecule has 7 heteroatoms. The van der Waals surface area contributed by atoms with E-state index in [1.807, 2.05) is 6.92 Å². The van der Waals surface area contributed by atoms with E-state index in [1.54, 1.807) is 38.3 Å². The van der Waals surface area contributed by atoms with Crippen molar-refractivity contribution in [1.29, 1.82) is 0 Å². The first-order chi connectivity index (χ1) is 12.7. The van der Waals surface area contributed by atoms with E-state index in [0.717, 1.165) is 17.7 Å². The van der Waals surface area contributed by atoms with Crippen molar-refractivity contribution in [1.82, 2.24) is 15.5 Å². The Labute approximate surface area is 160 Å². The number of imide groups is 1. The Balaban J connectivity index is 2.03. The van der Waals surface area contributed by atoms with Crippen LogP contribution in [-0.2, 0) is 15.1 Å². The third-order valence-electron chi connectivity index (χ3n) is 4.83. The van der Waals surface area contributed by atoms with E-state index in [9.17, 15) is 14.4 Å². The molecule has 148 valence electrons. The maximum Gasteiger partial charge on any atom is 0.325 e. The number of urea groups is 1. The molecule has 1 aliphatic rings. The van der Waals surface area contributed by atoms with Crippen LogP contribution >= 0.6 is 0 Å². The monoisotopic (exact) mass is 375 g/mol. The molecule has 1 heterocycles. The van der Waals surface area contributed by atoms with E-state index in [-0.39, 0.29) is 18.5 Å². The fourth-order valence-corrected chi connectivity index (χ4v) is 3.08. The second-order valence-electron chi connectivity index (χ2n) is 7.61. The highest BCUT2D eigenvalue weighted by Crippen LogP contribution is 2.29. The van der Waals surface area contributed by atoms with Crippen molar-refractivity contribution in [3.63, 3.8) is 0 Å². The van der Waals surface area contributed by atoms with Crippen LogP contribution in [0.25, 0.3) is 0 Å². The lowest BCUT2D eigenvalue weighted by atomic mass is 9.92. The minimum absolute atomic E-state index is 0.00589. The summed E-state index contributed by atoms with van der Waals surface area (Å²) < 4.78 is 5.12. The molecule has 0 unspecified atom stereocenters. The fraction of sp³-hybridized carbons (Fsp3) is 0.550. The largest absolute Gasteiger partial charge is 0.497 e. The molecule has 0 bridgehead atoms. The number of hydrogen-bond donors (Lipinski definition) is 2. The molecule has 27 heavy (non-hydrogen) atoms. The Morgan fingerprint density at radius 1 is 1.19 bits per heavy atom. The molecule has 1 aromatic carbocycles. The first-order valence-corrected chi connectivity index (χ1v) is 9.25. The van der Waals surface area contributed by atoms with Crippen molar-refractivity contribution < 1.29 is 19.1 Å². The number of ether oxygens (including phenoxy) is 1. The average molecular weight is 375 g/mol. The summed E-state index contributed by atoms with van der Waals surface area (Å²) in [6, 6.07) is 6.35. The zero-order chi connectivity index (χ0) is 20.2. The van der Waals surface area contributed by atoms with Crippen LogP contribution in [0.2, 0.25) is 0 Å². The van der Waals surface area contributed by atoms with Gasteiger partial charge in [0.05, 0.1) is 7.11 Å². The molecule has 2 N–H and O–H groups in total. The molecular formula is C20H29N3O4. The first kappa shape index (κ1) is 20.7. The highest BCUT2D eigenvalue weighted by molar-refractivity contribution is 6.09. The highest BCUT2D eigenvalue weighted by atomic mass is 16.5. The number of hydrogen-bond acceptors (Lipinski definition) is 4. The van der Waals surface area contributed by atoms with Crippen LogP contribution in [0, 0.1) is 5.92 Å². The molecule has 1 aromatic rings. The molecule has 0 radical (unpaired) electrons. The predicted molar refractivity (Wildman–Crippen MR) is 102 cm³/mol. The van der Waals surface area contributed by atoms with Gasteiger partial charge in [0.25, 0.3) is 5.91 Å². The summed E-state index contributed by atoms with van der Waals surface area (Å²) in [6.07, 6.45) is 1.85. The van der Waals surface area contributed by atoms with Gasteiger partial charge in [-0.05, 0) is 50.3 Å². The van der Waals surface area contributed by atoms with E-state index in [1.165, 1.54) is 0 Å².